The van der Waals surface area contributed by atoms with Crippen LogP contribution < -0.4 is 0 Å². The number of ether oxygens (including phenoxy) is 2. The fourth-order valence-corrected chi connectivity index (χ4v) is 4.21. The molecule has 1 N–H and O–H groups in total. The number of esters is 2. The Balaban J connectivity index is 3.43. The maximum Gasteiger partial charge on any atom is 0.305 e. The van der Waals surface area contributed by atoms with Crippen molar-refractivity contribution in [1.29, 1.82) is 0 Å². The number of unbranched alkanes of at least 4 members (excludes halogenated alkanes) is 16. The number of hydrogen-bond donors (Lipinski definition) is 1. The second-order valence-corrected chi connectivity index (χ2v) is 10.7. The largest absolute Gasteiger partial charge is 0.463 e. The standard InChI is InChI=1S/C30H58O5/c1-4-5-6-7-8-9-10-11-12-13-17-20-23-29(32)34-25-28(31)26-35-30(33)24-21-18-15-14-16-19-22-27(2)3/h27-28,31H,4-26H2,1-3H3/t28-/m0/s1. The first-order valence-corrected chi connectivity index (χ1v) is 14.9. The van der Waals surface area contributed by atoms with Crippen molar-refractivity contribution < 1.29 is 24.2 Å². The van der Waals surface area contributed by atoms with Gasteiger partial charge in [0.15, 0.2) is 0 Å². The van der Waals surface area contributed by atoms with Gasteiger partial charge in [0.05, 0.1) is 0 Å². The predicted molar refractivity (Wildman–Crippen MR) is 145 cm³/mol. The van der Waals surface area contributed by atoms with E-state index in [1.807, 2.05) is 0 Å². The summed E-state index contributed by atoms with van der Waals surface area (Å²) in [4.78, 5) is 23.6. The van der Waals surface area contributed by atoms with Crippen LogP contribution in [0.2, 0.25) is 0 Å². The monoisotopic (exact) mass is 498 g/mol. The van der Waals surface area contributed by atoms with Gasteiger partial charge in [-0.25, -0.2) is 0 Å². The number of carbonyl (C=O) groups is 2. The van der Waals surface area contributed by atoms with Crippen molar-refractivity contribution in [3.63, 3.8) is 0 Å². The van der Waals surface area contributed by atoms with Crippen LogP contribution in [0.1, 0.15) is 156 Å². The van der Waals surface area contributed by atoms with Crippen molar-refractivity contribution in [2.24, 2.45) is 5.92 Å². The van der Waals surface area contributed by atoms with Crippen LogP contribution in [0.5, 0.6) is 0 Å². The van der Waals surface area contributed by atoms with E-state index in [0.717, 1.165) is 38.0 Å². The molecule has 0 saturated heterocycles. The molecule has 0 heterocycles. The molecule has 0 rings (SSSR count). The first-order valence-electron chi connectivity index (χ1n) is 14.9. The number of rotatable bonds is 26. The molecular formula is C30H58O5. The van der Waals surface area contributed by atoms with Gasteiger partial charge in [-0.15, -0.1) is 0 Å². The summed E-state index contributed by atoms with van der Waals surface area (Å²) in [5.41, 5.74) is 0. The Labute approximate surface area is 217 Å². The lowest BCUT2D eigenvalue weighted by atomic mass is 10.0. The molecule has 0 unspecified atom stereocenters. The Hall–Kier alpha value is -1.10. The zero-order valence-electron chi connectivity index (χ0n) is 23.5. The fourth-order valence-electron chi connectivity index (χ4n) is 4.21. The zero-order valence-corrected chi connectivity index (χ0v) is 23.5. The third-order valence-electron chi connectivity index (χ3n) is 6.52. The molecule has 5 nitrogen and oxygen atoms in total. The normalized spacial score (nSPS) is 12.1. The number of aliphatic hydroxyl groups is 1. The summed E-state index contributed by atoms with van der Waals surface area (Å²) in [6, 6.07) is 0. The van der Waals surface area contributed by atoms with Crippen LogP contribution in [0.4, 0.5) is 0 Å². The Kier molecular flexibility index (Phi) is 25.2. The highest BCUT2D eigenvalue weighted by molar-refractivity contribution is 5.69. The minimum atomic E-state index is -0.953. The van der Waals surface area contributed by atoms with Crippen molar-refractivity contribution in [3.05, 3.63) is 0 Å². The molecule has 0 fully saturated rings. The van der Waals surface area contributed by atoms with E-state index in [-0.39, 0.29) is 25.2 Å². The summed E-state index contributed by atoms with van der Waals surface area (Å²) in [6.45, 7) is 6.54. The lowest BCUT2D eigenvalue weighted by Crippen LogP contribution is -2.25. The molecule has 0 aliphatic heterocycles. The summed E-state index contributed by atoms with van der Waals surface area (Å²) in [5.74, 6) is 0.213. The minimum absolute atomic E-state index is 0.110. The number of hydrogen-bond acceptors (Lipinski definition) is 5. The molecule has 0 aliphatic rings. The summed E-state index contributed by atoms with van der Waals surface area (Å²) in [7, 11) is 0. The second kappa shape index (κ2) is 26.0. The summed E-state index contributed by atoms with van der Waals surface area (Å²) in [6.07, 6.45) is 23.0. The fraction of sp³-hybridized carbons (Fsp3) is 0.933. The highest BCUT2D eigenvalue weighted by Crippen LogP contribution is 2.13. The smallest absolute Gasteiger partial charge is 0.305 e. The molecule has 35 heavy (non-hydrogen) atoms. The molecule has 5 heteroatoms. The second-order valence-electron chi connectivity index (χ2n) is 10.7. The molecule has 0 spiro atoms. The third-order valence-corrected chi connectivity index (χ3v) is 6.52. The van der Waals surface area contributed by atoms with Crippen LogP contribution in [-0.4, -0.2) is 36.4 Å². The van der Waals surface area contributed by atoms with Crippen molar-refractivity contribution in [3.8, 4) is 0 Å². The van der Waals surface area contributed by atoms with Gasteiger partial charge in [-0.05, 0) is 18.8 Å². The first kappa shape index (κ1) is 33.9. The van der Waals surface area contributed by atoms with Crippen molar-refractivity contribution in [2.75, 3.05) is 13.2 Å². The van der Waals surface area contributed by atoms with Crippen molar-refractivity contribution >= 4 is 11.9 Å². The topological polar surface area (TPSA) is 72.8 Å². The maximum atomic E-state index is 11.8. The van der Waals surface area contributed by atoms with E-state index in [4.69, 9.17) is 9.47 Å². The van der Waals surface area contributed by atoms with Crippen LogP contribution in [0.3, 0.4) is 0 Å². The SMILES string of the molecule is CCCCCCCCCCCCCCC(=O)OC[C@H](O)COC(=O)CCCCCCCCC(C)C. The van der Waals surface area contributed by atoms with Gasteiger partial charge in [0.25, 0.3) is 0 Å². The van der Waals surface area contributed by atoms with Crippen LogP contribution in [0.25, 0.3) is 0 Å². The van der Waals surface area contributed by atoms with Gasteiger partial charge in [0.1, 0.15) is 19.3 Å². The number of aliphatic hydroxyl groups excluding tert-OH is 1. The average Bonchev–Trinajstić information content (AvgIpc) is 2.83. The molecule has 1 atom stereocenters. The van der Waals surface area contributed by atoms with Gasteiger partial charge in [0, 0.05) is 12.8 Å². The van der Waals surface area contributed by atoms with E-state index in [2.05, 4.69) is 20.8 Å². The molecule has 0 aromatic rings. The maximum absolute atomic E-state index is 11.8. The van der Waals surface area contributed by atoms with Crippen molar-refractivity contribution in [1.82, 2.24) is 0 Å². The van der Waals surface area contributed by atoms with Gasteiger partial charge in [-0.3, -0.25) is 9.59 Å². The summed E-state index contributed by atoms with van der Waals surface area (Å²) < 4.78 is 10.2. The van der Waals surface area contributed by atoms with Gasteiger partial charge in [-0.2, -0.15) is 0 Å². The van der Waals surface area contributed by atoms with Crippen LogP contribution in [0, 0.1) is 5.92 Å². The molecular weight excluding hydrogens is 440 g/mol. The quantitative estimate of drug-likeness (QED) is 0.0959. The van der Waals surface area contributed by atoms with Gasteiger partial charge in [-0.1, -0.05) is 130 Å². The Morgan fingerprint density at radius 2 is 0.914 bits per heavy atom. The van der Waals surface area contributed by atoms with Crippen LogP contribution in [0.15, 0.2) is 0 Å². The third kappa shape index (κ3) is 27.3. The molecule has 0 aliphatic carbocycles. The minimum Gasteiger partial charge on any atom is -0.463 e. The highest BCUT2D eigenvalue weighted by atomic mass is 16.6. The highest BCUT2D eigenvalue weighted by Gasteiger charge is 2.12. The Morgan fingerprint density at radius 1 is 0.571 bits per heavy atom. The van der Waals surface area contributed by atoms with E-state index < -0.39 is 6.10 Å². The molecule has 0 bridgehead atoms. The van der Waals surface area contributed by atoms with Crippen LogP contribution >= 0.6 is 0 Å². The summed E-state index contributed by atoms with van der Waals surface area (Å²) in [5, 5.41) is 9.90. The molecule has 0 saturated carbocycles. The van der Waals surface area contributed by atoms with Gasteiger partial charge in [0.2, 0.25) is 0 Å². The Morgan fingerprint density at radius 3 is 1.29 bits per heavy atom. The lowest BCUT2D eigenvalue weighted by molar-refractivity contribution is -0.152. The first-order chi connectivity index (χ1) is 17.0. The lowest BCUT2D eigenvalue weighted by Gasteiger charge is -2.12. The Bertz CT molecular complexity index is 477. The number of carbonyl (C=O) groups excluding carboxylic acids is 2. The van der Waals surface area contributed by atoms with E-state index in [1.54, 1.807) is 0 Å². The molecule has 0 aromatic heterocycles. The molecule has 0 amide bonds. The van der Waals surface area contributed by atoms with Crippen molar-refractivity contribution in [2.45, 2.75) is 162 Å². The molecule has 208 valence electrons. The van der Waals surface area contributed by atoms with Gasteiger partial charge >= 0.3 is 11.9 Å². The molecule has 0 aromatic carbocycles. The van der Waals surface area contributed by atoms with Crippen LogP contribution in [-0.2, 0) is 19.1 Å². The average molecular weight is 499 g/mol. The van der Waals surface area contributed by atoms with E-state index in [1.165, 1.54) is 89.9 Å². The predicted octanol–water partition coefficient (Wildman–Crippen LogP) is 8.30. The zero-order chi connectivity index (χ0) is 26.0. The van der Waals surface area contributed by atoms with E-state index >= 15 is 0 Å². The van der Waals surface area contributed by atoms with E-state index in [0.29, 0.717) is 12.8 Å². The summed E-state index contributed by atoms with van der Waals surface area (Å²) >= 11 is 0. The van der Waals surface area contributed by atoms with Gasteiger partial charge < -0.3 is 14.6 Å². The van der Waals surface area contributed by atoms with E-state index in [9.17, 15) is 14.7 Å². The molecule has 0 radical (unpaired) electrons.